The van der Waals surface area contributed by atoms with Crippen molar-refractivity contribution in [2.24, 2.45) is 4.99 Å². The predicted molar refractivity (Wildman–Crippen MR) is 92.3 cm³/mol. The summed E-state index contributed by atoms with van der Waals surface area (Å²) in [5.74, 6) is 2.88. The lowest BCUT2D eigenvalue weighted by atomic mass is 10.2. The van der Waals surface area contributed by atoms with E-state index in [1.165, 1.54) is 6.33 Å². The number of aromatic nitrogens is 2. The average Bonchev–Trinajstić information content (AvgIpc) is 3.09. The zero-order valence-corrected chi connectivity index (χ0v) is 12.8. The molecule has 0 spiro atoms. The Bertz CT molecular complexity index is 798. The Morgan fingerprint density at radius 3 is 2.61 bits per heavy atom. The molecule has 2 N–H and O–H groups in total. The minimum absolute atomic E-state index is 0.496. The van der Waals surface area contributed by atoms with E-state index in [0.717, 1.165) is 17.1 Å². The topological polar surface area (TPSA) is 75.3 Å². The van der Waals surface area contributed by atoms with E-state index in [-0.39, 0.29) is 0 Å². The average molecular weight is 307 g/mol. The monoisotopic (exact) mass is 307 g/mol. The summed E-state index contributed by atoms with van der Waals surface area (Å²) in [6, 6.07) is 13.9. The van der Waals surface area contributed by atoms with E-state index in [1.807, 2.05) is 42.5 Å². The van der Waals surface area contributed by atoms with E-state index < -0.39 is 0 Å². The minimum atomic E-state index is 0.496. The first kappa shape index (κ1) is 14.8. The highest BCUT2D eigenvalue weighted by molar-refractivity contribution is 5.75. The second-order valence-corrected chi connectivity index (χ2v) is 4.81. The quantitative estimate of drug-likeness (QED) is 0.679. The lowest BCUT2D eigenvalue weighted by Gasteiger charge is -2.09. The largest absolute Gasteiger partial charge is 0.459 e. The molecule has 0 saturated carbocycles. The van der Waals surface area contributed by atoms with Crippen LogP contribution < -0.4 is 10.6 Å². The summed E-state index contributed by atoms with van der Waals surface area (Å²) in [6.45, 7) is 4.06. The standard InChI is InChI=1S/C17H17N5O/c1-18-15-16(19-2)21-11-22-17(15)20-10-13-8-9-14(23-13)12-6-4-3-5-7-12/h3-9,11H,1,10H2,2H3,(H2,19,20,21,22). The number of nitrogens with zero attached hydrogens (tertiary/aromatic N) is 3. The number of rotatable bonds is 6. The van der Waals surface area contributed by atoms with E-state index in [9.17, 15) is 0 Å². The van der Waals surface area contributed by atoms with Crippen molar-refractivity contribution in [1.29, 1.82) is 0 Å². The van der Waals surface area contributed by atoms with Crippen LogP contribution in [0.15, 0.2) is 58.2 Å². The third-order valence-corrected chi connectivity index (χ3v) is 3.37. The Morgan fingerprint density at radius 1 is 1.09 bits per heavy atom. The summed E-state index contributed by atoms with van der Waals surface area (Å²) >= 11 is 0. The Hall–Kier alpha value is -3.15. The number of aliphatic imine (C=N–C) groups is 1. The van der Waals surface area contributed by atoms with Crippen molar-refractivity contribution in [2.75, 3.05) is 17.7 Å². The molecule has 2 heterocycles. The van der Waals surface area contributed by atoms with Crippen LogP contribution in [0.4, 0.5) is 17.3 Å². The van der Waals surface area contributed by atoms with Crippen molar-refractivity contribution in [3.63, 3.8) is 0 Å². The van der Waals surface area contributed by atoms with Gasteiger partial charge >= 0.3 is 0 Å². The maximum Gasteiger partial charge on any atom is 0.157 e. The summed E-state index contributed by atoms with van der Waals surface area (Å²) in [5, 5.41) is 6.16. The Balaban J connectivity index is 1.75. The maximum atomic E-state index is 5.85. The van der Waals surface area contributed by atoms with Gasteiger partial charge in [0.25, 0.3) is 0 Å². The van der Waals surface area contributed by atoms with Crippen LogP contribution in [0.5, 0.6) is 0 Å². The van der Waals surface area contributed by atoms with Crippen molar-refractivity contribution in [3.05, 3.63) is 54.6 Å². The first-order valence-electron chi connectivity index (χ1n) is 7.19. The van der Waals surface area contributed by atoms with Crippen LogP contribution in [0.25, 0.3) is 11.3 Å². The molecule has 0 atom stereocenters. The normalized spacial score (nSPS) is 10.3. The molecule has 0 amide bonds. The molecule has 3 rings (SSSR count). The van der Waals surface area contributed by atoms with Gasteiger partial charge in [-0.1, -0.05) is 30.3 Å². The molecule has 0 saturated heterocycles. The molecule has 0 aliphatic heterocycles. The molecule has 23 heavy (non-hydrogen) atoms. The second-order valence-electron chi connectivity index (χ2n) is 4.81. The smallest absolute Gasteiger partial charge is 0.157 e. The fourth-order valence-corrected chi connectivity index (χ4v) is 2.24. The first-order chi connectivity index (χ1) is 11.3. The summed E-state index contributed by atoms with van der Waals surface area (Å²) < 4.78 is 5.85. The number of hydrogen-bond acceptors (Lipinski definition) is 6. The highest BCUT2D eigenvalue weighted by Gasteiger charge is 2.10. The van der Waals surface area contributed by atoms with Gasteiger partial charge in [-0.3, -0.25) is 4.99 Å². The zero-order valence-electron chi connectivity index (χ0n) is 12.8. The fraction of sp³-hybridized carbons (Fsp3) is 0.118. The lowest BCUT2D eigenvalue weighted by molar-refractivity contribution is 0.531. The van der Waals surface area contributed by atoms with Gasteiger partial charge in [0.2, 0.25) is 0 Å². The molecule has 6 nitrogen and oxygen atoms in total. The molecule has 1 aromatic carbocycles. The molecule has 3 aromatic rings. The van der Waals surface area contributed by atoms with E-state index in [4.69, 9.17) is 4.42 Å². The summed E-state index contributed by atoms with van der Waals surface area (Å²) in [7, 11) is 1.78. The van der Waals surface area contributed by atoms with Crippen LogP contribution in [-0.2, 0) is 6.54 Å². The van der Waals surface area contributed by atoms with Crippen molar-refractivity contribution < 1.29 is 4.42 Å². The van der Waals surface area contributed by atoms with Gasteiger partial charge in [-0.2, -0.15) is 0 Å². The second kappa shape index (κ2) is 6.74. The van der Waals surface area contributed by atoms with Gasteiger partial charge in [0.1, 0.15) is 23.5 Å². The lowest BCUT2D eigenvalue weighted by Crippen LogP contribution is -2.03. The van der Waals surface area contributed by atoms with Gasteiger partial charge in [-0.15, -0.1) is 0 Å². The molecule has 0 radical (unpaired) electrons. The van der Waals surface area contributed by atoms with Crippen molar-refractivity contribution >= 4 is 24.0 Å². The van der Waals surface area contributed by atoms with Crippen LogP contribution in [0, 0.1) is 0 Å². The third kappa shape index (κ3) is 3.21. The molecule has 0 unspecified atom stereocenters. The van der Waals surface area contributed by atoms with Crippen LogP contribution in [0.1, 0.15) is 5.76 Å². The Morgan fingerprint density at radius 2 is 1.87 bits per heavy atom. The summed E-state index contributed by atoms with van der Waals surface area (Å²) in [6.07, 6.45) is 1.47. The summed E-state index contributed by atoms with van der Waals surface area (Å²) in [4.78, 5) is 12.3. The molecule has 0 aliphatic carbocycles. The molecular formula is C17H17N5O. The van der Waals surface area contributed by atoms with Crippen LogP contribution in [0.2, 0.25) is 0 Å². The number of nitrogens with one attached hydrogen (secondary N) is 2. The zero-order chi connectivity index (χ0) is 16.1. The van der Waals surface area contributed by atoms with Gasteiger partial charge in [-0.05, 0) is 18.9 Å². The van der Waals surface area contributed by atoms with Crippen LogP contribution in [0.3, 0.4) is 0 Å². The molecule has 116 valence electrons. The molecule has 2 aromatic heterocycles. The van der Waals surface area contributed by atoms with Gasteiger partial charge in [0, 0.05) is 12.6 Å². The molecule has 0 aliphatic rings. The van der Waals surface area contributed by atoms with Gasteiger partial charge in [0.05, 0.1) is 6.54 Å². The van der Waals surface area contributed by atoms with Crippen molar-refractivity contribution in [2.45, 2.75) is 6.54 Å². The Kier molecular flexibility index (Phi) is 4.33. The number of benzene rings is 1. The molecule has 0 fully saturated rings. The Labute approximate surface area is 134 Å². The van der Waals surface area contributed by atoms with Gasteiger partial charge in [0.15, 0.2) is 11.6 Å². The highest BCUT2D eigenvalue weighted by Crippen LogP contribution is 2.29. The van der Waals surface area contributed by atoms with E-state index in [1.54, 1.807) is 7.05 Å². The van der Waals surface area contributed by atoms with Crippen LogP contribution in [-0.4, -0.2) is 23.7 Å². The maximum absolute atomic E-state index is 5.85. The SMILES string of the molecule is C=Nc1c(NC)ncnc1NCc1ccc(-c2ccccc2)o1. The van der Waals surface area contributed by atoms with E-state index in [2.05, 4.69) is 32.3 Å². The fourth-order valence-electron chi connectivity index (χ4n) is 2.24. The third-order valence-electron chi connectivity index (χ3n) is 3.37. The minimum Gasteiger partial charge on any atom is -0.459 e. The first-order valence-corrected chi connectivity index (χ1v) is 7.19. The molecule has 0 bridgehead atoms. The van der Waals surface area contributed by atoms with Crippen molar-refractivity contribution in [1.82, 2.24) is 9.97 Å². The van der Waals surface area contributed by atoms with E-state index in [0.29, 0.717) is 23.9 Å². The number of anilines is 2. The molecule has 6 heteroatoms. The summed E-state index contributed by atoms with van der Waals surface area (Å²) in [5.41, 5.74) is 1.64. The van der Waals surface area contributed by atoms with Crippen LogP contribution >= 0.6 is 0 Å². The molecular weight excluding hydrogens is 290 g/mol. The predicted octanol–water partition coefficient (Wildman–Crippen LogP) is 3.72. The van der Waals surface area contributed by atoms with Crippen molar-refractivity contribution in [3.8, 4) is 11.3 Å². The van der Waals surface area contributed by atoms with E-state index >= 15 is 0 Å². The van der Waals surface area contributed by atoms with Gasteiger partial charge in [-0.25, -0.2) is 9.97 Å². The number of hydrogen-bond donors (Lipinski definition) is 2. The van der Waals surface area contributed by atoms with Gasteiger partial charge < -0.3 is 15.1 Å². The highest BCUT2D eigenvalue weighted by atomic mass is 16.3. The number of furan rings is 1.